The number of amides is 1. The van der Waals surface area contributed by atoms with Crippen LogP contribution in [-0.2, 0) is 6.54 Å². The minimum Gasteiger partial charge on any atom is -0.335 e. The van der Waals surface area contributed by atoms with Crippen molar-refractivity contribution in [3.8, 4) is 0 Å². The van der Waals surface area contributed by atoms with E-state index in [-0.39, 0.29) is 5.91 Å². The van der Waals surface area contributed by atoms with Crippen LogP contribution in [0.25, 0.3) is 0 Å². The Morgan fingerprint density at radius 2 is 2.04 bits per heavy atom. The topological polar surface area (TPSA) is 67.2 Å². The molecule has 3 heterocycles. The minimum atomic E-state index is 0.158. The molecular formula is C15H20N6OS. The number of carbonyl (C=O) groups is 1. The monoisotopic (exact) mass is 332 g/mol. The van der Waals surface area contributed by atoms with E-state index in [0.717, 1.165) is 43.4 Å². The van der Waals surface area contributed by atoms with Gasteiger partial charge in [0.1, 0.15) is 0 Å². The highest BCUT2D eigenvalue weighted by Crippen LogP contribution is 2.34. The van der Waals surface area contributed by atoms with Gasteiger partial charge in [0.25, 0.3) is 5.91 Å². The van der Waals surface area contributed by atoms with E-state index in [1.54, 1.807) is 11.3 Å². The van der Waals surface area contributed by atoms with Crippen LogP contribution < -0.4 is 0 Å². The van der Waals surface area contributed by atoms with E-state index in [1.165, 1.54) is 17.7 Å². The average molecular weight is 332 g/mol. The molecule has 1 aliphatic carbocycles. The van der Waals surface area contributed by atoms with Crippen molar-refractivity contribution < 1.29 is 4.79 Å². The molecule has 0 atom stereocenters. The number of carbonyl (C=O) groups excluding carboxylic acids is 1. The quantitative estimate of drug-likeness (QED) is 0.845. The Labute approximate surface area is 138 Å². The van der Waals surface area contributed by atoms with Crippen molar-refractivity contribution >= 4 is 17.2 Å². The van der Waals surface area contributed by atoms with E-state index in [2.05, 4.69) is 20.4 Å². The summed E-state index contributed by atoms with van der Waals surface area (Å²) in [5, 5.41) is 12.1. The summed E-state index contributed by atoms with van der Waals surface area (Å²) in [5.74, 6) is 1.10. The van der Waals surface area contributed by atoms with Crippen LogP contribution in [0.3, 0.4) is 0 Å². The van der Waals surface area contributed by atoms with Gasteiger partial charge in [0, 0.05) is 31.1 Å². The van der Waals surface area contributed by atoms with E-state index in [4.69, 9.17) is 0 Å². The molecule has 8 heteroatoms. The normalized spacial score (nSPS) is 19.3. The van der Waals surface area contributed by atoms with Gasteiger partial charge in [-0.1, -0.05) is 0 Å². The van der Waals surface area contributed by atoms with Crippen LogP contribution in [0.15, 0.2) is 12.1 Å². The molecule has 23 heavy (non-hydrogen) atoms. The SMILES string of the molecule is Cc1ccc(C(=O)N2CCN(Cc3nnnn3C3CC3)CC2)s1. The number of nitrogens with zero attached hydrogens (tertiary/aromatic N) is 6. The Morgan fingerprint density at radius 1 is 1.26 bits per heavy atom. The smallest absolute Gasteiger partial charge is 0.264 e. The van der Waals surface area contributed by atoms with Gasteiger partial charge in [0.15, 0.2) is 5.82 Å². The Hall–Kier alpha value is -1.80. The lowest BCUT2D eigenvalue weighted by molar-refractivity contribution is 0.0628. The second-order valence-corrected chi connectivity index (χ2v) is 7.54. The highest BCUT2D eigenvalue weighted by molar-refractivity contribution is 7.13. The third-order valence-electron chi connectivity index (χ3n) is 4.43. The van der Waals surface area contributed by atoms with Crippen molar-refractivity contribution in [1.29, 1.82) is 0 Å². The number of thiophene rings is 1. The third-order valence-corrected chi connectivity index (χ3v) is 5.42. The van der Waals surface area contributed by atoms with E-state index in [0.29, 0.717) is 6.04 Å². The van der Waals surface area contributed by atoms with Gasteiger partial charge in [-0.3, -0.25) is 9.69 Å². The summed E-state index contributed by atoms with van der Waals surface area (Å²) < 4.78 is 1.96. The maximum absolute atomic E-state index is 12.5. The number of tetrazole rings is 1. The predicted octanol–water partition coefficient (Wildman–Crippen LogP) is 1.34. The van der Waals surface area contributed by atoms with Crippen LogP contribution in [-0.4, -0.2) is 62.1 Å². The van der Waals surface area contributed by atoms with Crippen LogP contribution in [0.2, 0.25) is 0 Å². The predicted molar refractivity (Wildman–Crippen MR) is 86.3 cm³/mol. The first-order chi connectivity index (χ1) is 11.2. The van der Waals surface area contributed by atoms with E-state index >= 15 is 0 Å². The first-order valence-electron chi connectivity index (χ1n) is 8.05. The van der Waals surface area contributed by atoms with Crippen LogP contribution >= 0.6 is 11.3 Å². The Bertz CT molecular complexity index is 698. The Balaban J connectivity index is 1.34. The maximum Gasteiger partial charge on any atom is 0.264 e. The summed E-state index contributed by atoms with van der Waals surface area (Å²) in [6, 6.07) is 4.44. The first-order valence-corrected chi connectivity index (χ1v) is 8.87. The number of aryl methyl sites for hydroxylation is 1. The highest BCUT2D eigenvalue weighted by atomic mass is 32.1. The maximum atomic E-state index is 12.5. The fraction of sp³-hybridized carbons (Fsp3) is 0.600. The molecule has 2 aromatic rings. The van der Waals surface area contributed by atoms with Crippen molar-refractivity contribution in [2.45, 2.75) is 32.4 Å². The lowest BCUT2D eigenvalue weighted by atomic mass is 10.3. The first kappa shape index (κ1) is 14.8. The zero-order valence-corrected chi connectivity index (χ0v) is 14.0. The zero-order valence-electron chi connectivity index (χ0n) is 13.2. The second kappa shape index (κ2) is 6.01. The number of piperazine rings is 1. The van der Waals surface area contributed by atoms with Gasteiger partial charge in [-0.15, -0.1) is 16.4 Å². The number of aromatic nitrogens is 4. The van der Waals surface area contributed by atoms with Crippen LogP contribution in [0.1, 0.15) is 39.3 Å². The Kier molecular flexibility index (Phi) is 3.86. The fourth-order valence-corrected chi connectivity index (χ4v) is 3.77. The van der Waals surface area contributed by atoms with Crippen molar-refractivity contribution in [2.75, 3.05) is 26.2 Å². The van der Waals surface area contributed by atoms with Gasteiger partial charge in [0.2, 0.25) is 0 Å². The molecule has 2 fully saturated rings. The van der Waals surface area contributed by atoms with Gasteiger partial charge in [-0.2, -0.15) is 0 Å². The van der Waals surface area contributed by atoms with E-state index < -0.39 is 0 Å². The molecule has 1 saturated carbocycles. The van der Waals surface area contributed by atoms with Gasteiger partial charge < -0.3 is 4.90 Å². The van der Waals surface area contributed by atoms with Crippen LogP contribution in [0, 0.1) is 6.92 Å². The van der Waals surface area contributed by atoms with Crippen molar-refractivity contribution in [3.05, 3.63) is 27.7 Å². The average Bonchev–Trinajstić information content (AvgIpc) is 3.15. The molecule has 0 unspecified atom stereocenters. The molecule has 4 rings (SSSR count). The summed E-state index contributed by atoms with van der Waals surface area (Å²) in [6.45, 7) is 6.07. The molecule has 0 N–H and O–H groups in total. The zero-order chi connectivity index (χ0) is 15.8. The summed E-state index contributed by atoms with van der Waals surface area (Å²) in [4.78, 5) is 18.8. The standard InChI is InChI=1S/C15H20N6OS/c1-11-2-5-13(23-11)15(22)20-8-6-19(7-9-20)10-14-16-17-18-21(14)12-3-4-12/h2,5,12H,3-4,6-10H2,1H3. The van der Waals surface area contributed by atoms with Gasteiger partial charge >= 0.3 is 0 Å². The third kappa shape index (κ3) is 3.13. The van der Waals surface area contributed by atoms with Gasteiger partial charge in [0.05, 0.1) is 17.5 Å². The summed E-state index contributed by atoms with van der Waals surface area (Å²) in [7, 11) is 0. The highest BCUT2D eigenvalue weighted by Gasteiger charge is 2.29. The molecule has 0 spiro atoms. The molecular weight excluding hydrogens is 312 g/mol. The molecule has 0 aromatic carbocycles. The van der Waals surface area contributed by atoms with Crippen molar-refractivity contribution in [3.63, 3.8) is 0 Å². The molecule has 2 aliphatic rings. The fourth-order valence-electron chi connectivity index (χ4n) is 2.93. The van der Waals surface area contributed by atoms with Gasteiger partial charge in [-0.25, -0.2) is 4.68 Å². The second-order valence-electron chi connectivity index (χ2n) is 6.25. The molecule has 7 nitrogen and oxygen atoms in total. The van der Waals surface area contributed by atoms with Crippen LogP contribution in [0.5, 0.6) is 0 Å². The molecule has 0 bridgehead atoms. The van der Waals surface area contributed by atoms with Crippen molar-refractivity contribution in [2.24, 2.45) is 0 Å². The summed E-state index contributed by atoms with van der Waals surface area (Å²) >= 11 is 1.57. The van der Waals surface area contributed by atoms with E-state index in [1.807, 2.05) is 28.6 Å². The van der Waals surface area contributed by atoms with Crippen LogP contribution in [0.4, 0.5) is 0 Å². The van der Waals surface area contributed by atoms with E-state index in [9.17, 15) is 4.79 Å². The number of hydrogen-bond acceptors (Lipinski definition) is 6. The molecule has 1 aliphatic heterocycles. The molecule has 122 valence electrons. The molecule has 1 amide bonds. The molecule has 0 radical (unpaired) electrons. The number of hydrogen-bond donors (Lipinski definition) is 0. The van der Waals surface area contributed by atoms with Crippen molar-refractivity contribution in [1.82, 2.24) is 30.0 Å². The summed E-state index contributed by atoms with van der Waals surface area (Å²) in [6.07, 6.45) is 2.36. The lowest BCUT2D eigenvalue weighted by Crippen LogP contribution is -2.48. The Morgan fingerprint density at radius 3 is 2.70 bits per heavy atom. The lowest BCUT2D eigenvalue weighted by Gasteiger charge is -2.34. The largest absolute Gasteiger partial charge is 0.335 e. The summed E-state index contributed by atoms with van der Waals surface area (Å²) in [5.41, 5.74) is 0. The molecule has 2 aromatic heterocycles. The van der Waals surface area contributed by atoms with Gasteiger partial charge in [-0.05, 0) is 42.3 Å². The minimum absolute atomic E-state index is 0.158. The number of rotatable bonds is 4. The molecule has 1 saturated heterocycles.